The van der Waals surface area contributed by atoms with Gasteiger partial charge in [-0.15, -0.1) is 11.3 Å². The molecule has 4 nitrogen and oxygen atoms in total. The molecule has 22 heavy (non-hydrogen) atoms. The van der Waals surface area contributed by atoms with Crippen molar-refractivity contribution in [1.82, 2.24) is 14.9 Å². The van der Waals surface area contributed by atoms with Gasteiger partial charge >= 0.3 is 0 Å². The maximum atomic E-state index is 5.66. The molecule has 0 spiro atoms. The second-order valence-electron chi connectivity index (χ2n) is 5.85. The van der Waals surface area contributed by atoms with Crippen LogP contribution in [-0.4, -0.2) is 28.0 Å². The Kier molecular flexibility index (Phi) is 5.53. The summed E-state index contributed by atoms with van der Waals surface area (Å²) in [6.45, 7) is 2.75. The molecule has 1 atom stereocenters. The minimum Gasteiger partial charge on any atom is -0.330 e. The molecule has 0 aromatic carbocycles. The standard InChI is InChI=1S/C17H24N4S/c18-8-1-2-11-21(13-16-19-10-12-22-16)15-7-3-5-14-6-4-9-20-17(14)15/h4,6,9-10,12,15H,1-3,5,7-8,11,13,18H2. The molecule has 0 saturated heterocycles. The second kappa shape index (κ2) is 7.81. The smallest absolute Gasteiger partial charge is 0.107 e. The summed E-state index contributed by atoms with van der Waals surface area (Å²) in [6.07, 6.45) is 9.64. The Morgan fingerprint density at radius 2 is 2.23 bits per heavy atom. The first-order chi connectivity index (χ1) is 10.9. The van der Waals surface area contributed by atoms with E-state index in [4.69, 9.17) is 10.7 Å². The number of hydrogen-bond donors (Lipinski definition) is 1. The van der Waals surface area contributed by atoms with Crippen molar-refractivity contribution in [3.8, 4) is 0 Å². The van der Waals surface area contributed by atoms with E-state index in [2.05, 4.69) is 27.4 Å². The van der Waals surface area contributed by atoms with Crippen LogP contribution in [0.4, 0.5) is 0 Å². The number of hydrogen-bond acceptors (Lipinski definition) is 5. The van der Waals surface area contributed by atoms with Crippen LogP contribution in [0.25, 0.3) is 0 Å². The molecule has 0 saturated carbocycles. The molecule has 0 amide bonds. The zero-order chi connectivity index (χ0) is 15.2. The first kappa shape index (κ1) is 15.6. The Hall–Kier alpha value is -1.30. The van der Waals surface area contributed by atoms with E-state index in [1.807, 2.05) is 12.4 Å². The first-order valence-electron chi connectivity index (χ1n) is 8.15. The van der Waals surface area contributed by atoms with Gasteiger partial charge in [0.15, 0.2) is 0 Å². The molecule has 2 heterocycles. The van der Waals surface area contributed by atoms with Crippen LogP contribution in [0, 0.1) is 0 Å². The SMILES string of the molecule is NCCCCN(Cc1nccs1)C1CCCc2cccnc21. The Labute approximate surface area is 136 Å². The predicted molar refractivity (Wildman–Crippen MR) is 90.7 cm³/mol. The van der Waals surface area contributed by atoms with Crippen LogP contribution in [0.3, 0.4) is 0 Å². The molecule has 2 N–H and O–H groups in total. The molecule has 5 heteroatoms. The second-order valence-corrected chi connectivity index (χ2v) is 6.83. The summed E-state index contributed by atoms with van der Waals surface area (Å²) in [6, 6.07) is 4.71. The molecule has 0 fully saturated rings. The van der Waals surface area contributed by atoms with E-state index in [1.54, 1.807) is 11.3 Å². The highest BCUT2D eigenvalue weighted by atomic mass is 32.1. The molecule has 3 rings (SSSR count). The molecule has 0 bridgehead atoms. The lowest BCUT2D eigenvalue weighted by atomic mass is 9.90. The summed E-state index contributed by atoms with van der Waals surface area (Å²) < 4.78 is 0. The summed E-state index contributed by atoms with van der Waals surface area (Å²) in [7, 11) is 0. The molecule has 2 aromatic heterocycles. The fourth-order valence-electron chi connectivity index (χ4n) is 3.25. The summed E-state index contributed by atoms with van der Waals surface area (Å²) in [5.41, 5.74) is 8.36. The molecule has 118 valence electrons. The fraction of sp³-hybridized carbons (Fsp3) is 0.529. The Bertz CT molecular complexity index is 570. The number of nitrogens with two attached hydrogens (primary N) is 1. The van der Waals surface area contributed by atoms with Crippen molar-refractivity contribution in [2.45, 2.75) is 44.7 Å². The minimum atomic E-state index is 0.423. The zero-order valence-corrected chi connectivity index (χ0v) is 13.8. The van der Waals surface area contributed by atoms with Crippen molar-refractivity contribution in [3.63, 3.8) is 0 Å². The third-order valence-corrected chi connectivity index (χ3v) is 5.09. The molecule has 2 aromatic rings. The summed E-state index contributed by atoms with van der Waals surface area (Å²) in [5.74, 6) is 0. The number of rotatable bonds is 7. The van der Waals surface area contributed by atoms with Crippen molar-refractivity contribution >= 4 is 11.3 Å². The van der Waals surface area contributed by atoms with Gasteiger partial charge in [-0.1, -0.05) is 6.07 Å². The maximum absolute atomic E-state index is 5.66. The molecule has 1 unspecified atom stereocenters. The van der Waals surface area contributed by atoms with Gasteiger partial charge in [0.05, 0.1) is 18.3 Å². The van der Waals surface area contributed by atoms with Crippen LogP contribution in [0.1, 0.15) is 48.0 Å². The highest BCUT2D eigenvalue weighted by Gasteiger charge is 2.27. The van der Waals surface area contributed by atoms with Crippen LogP contribution >= 0.6 is 11.3 Å². The Morgan fingerprint density at radius 1 is 1.27 bits per heavy atom. The number of pyridine rings is 1. The van der Waals surface area contributed by atoms with E-state index < -0.39 is 0 Å². The predicted octanol–water partition coefficient (Wildman–Crippen LogP) is 3.16. The van der Waals surface area contributed by atoms with Gasteiger partial charge in [-0.3, -0.25) is 9.88 Å². The van der Waals surface area contributed by atoms with Crippen molar-refractivity contribution in [1.29, 1.82) is 0 Å². The van der Waals surface area contributed by atoms with E-state index in [1.165, 1.54) is 29.1 Å². The van der Waals surface area contributed by atoms with Gasteiger partial charge in [-0.2, -0.15) is 0 Å². The van der Waals surface area contributed by atoms with Crippen molar-refractivity contribution in [2.75, 3.05) is 13.1 Å². The number of nitrogens with zero attached hydrogens (tertiary/aromatic N) is 3. The quantitative estimate of drug-likeness (QED) is 0.797. The number of thiazole rings is 1. The molecule has 0 radical (unpaired) electrons. The van der Waals surface area contributed by atoms with Crippen LogP contribution < -0.4 is 5.73 Å². The van der Waals surface area contributed by atoms with Gasteiger partial charge in [-0.25, -0.2) is 4.98 Å². The van der Waals surface area contributed by atoms with Crippen LogP contribution in [0.15, 0.2) is 29.9 Å². The average molecular weight is 316 g/mol. The monoisotopic (exact) mass is 316 g/mol. The van der Waals surface area contributed by atoms with Gasteiger partial charge in [0.2, 0.25) is 0 Å². The molecule has 1 aliphatic carbocycles. The van der Waals surface area contributed by atoms with E-state index in [-0.39, 0.29) is 0 Å². The molecular formula is C17H24N4S. The van der Waals surface area contributed by atoms with Crippen LogP contribution in [0.5, 0.6) is 0 Å². The normalized spacial score (nSPS) is 17.6. The lowest BCUT2D eigenvalue weighted by molar-refractivity contribution is 0.163. The highest BCUT2D eigenvalue weighted by molar-refractivity contribution is 7.09. The number of aromatic nitrogens is 2. The van der Waals surface area contributed by atoms with Crippen molar-refractivity contribution in [2.24, 2.45) is 5.73 Å². The Morgan fingerprint density at radius 3 is 3.05 bits per heavy atom. The van der Waals surface area contributed by atoms with Gasteiger partial charge in [0.25, 0.3) is 0 Å². The number of aryl methyl sites for hydroxylation is 1. The third kappa shape index (κ3) is 3.72. The van der Waals surface area contributed by atoms with E-state index >= 15 is 0 Å². The lowest BCUT2D eigenvalue weighted by Gasteiger charge is -2.34. The third-order valence-electron chi connectivity index (χ3n) is 4.33. The zero-order valence-electron chi connectivity index (χ0n) is 12.9. The Balaban J connectivity index is 1.79. The average Bonchev–Trinajstić information content (AvgIpc) is 3.07. The first-order valence-corrected chi connectivity index (χ1v) is 9.02. The van der Waals surface area contributed by atoms with Gasteiger partial charge in [0, 0.05) is 17.8 Å². The molecule has 1 aliphatic rings. The minimum absolute atomic E-state index is 0.423. The molecular weight excluding hydrogens is 292 g/mol. The van der Waals surface area contributed by atoms with E-state index in [0.717, 1.165) is 38.9 Å². The topological polar surface area (TPSA) is 55.0 Å². The van der Waals surface area contributed by atoms with Gasteiger partial charge < -0.3 is 5.73 Å². The summed E-state index contributed by atoms with van der Waals surface area (Å²) >= 11 is 1.74. The molecule has 0 aliphatic heterocycles. The maximum Gasteiger partial charge on any atom is 0.107 e. The number of unbranched alkanes of at least 4 members (excludes halogenated alkanes) is 1. The highest BCUT2D eigenvalue weighted by Crippen LogP contribution is 2.34. The summed E-state index contributed by atoms with van der Waals surface area (Å²) in [4.78, 5) is 11.7. The van der Waals surface area contributed by atoms with Crippen LogP contribution in [-0.2, 0) is 13.0 Å². The largest absolute Gasteiger partial charge is 0.330 e. The summed E-state index contributed by atoms with van der Waals surface area (Å²) in [5, 5.41) is 3.25. The number of fused-ring (bicyclic) bond motifs is 1. The van der Waals surface area contributed by atoms with Gasteiger partial charge in [0.1, 0.15) is 5.01 Å². The van der Waals surface area contributed by atoms with Crippen molar-refractivity contribution < 1.29 is 0 Å². The lowest BCUT2D eigenvalue weighted by Crippen LogP contribution is -2.32. The van der Waals surface area contributed by atoms with E-state index in [0.29, 0.717) is 6.04 Å². The van der Waals surface area contributed by atoms with Gasteiger partial charge in [-0.05, 0) is 56.8 Å². The van der Waals surface area contributed by atoms with Crippen LogP contribution in [0.2, 0.25) is 0 Å². The van der Waals surface area contributed by atoms with Crippen molar-refractivity contribution in [3.05, 3.63) is 46.2 Å². The fourth-order valence-corrected chi connectivity index (χ4v) is 3.89. The van der Waals surface area contributed by atoms with E-state index in [9.17, 15) is 0 Å².